The van der Waals surface area contributed by atoms with E-state index in [1.165, 1.54) is 12.1 Å². The van der Waals surface area contributed by atoms with Crippen LogP contribution in [-0.2, 0) is 17.5 Å². The topological polar surface area (TPSA) is 72.7 Å². The number of para-hydroxylation sites is 1. The van der Waals surface area contributed by atoms with Crippen LogP contribution in [0.4, 0.5) is 32.0 Å². The van der Waals surface area contributed by atoms with Crippen molar-refractivity contribution in [3.63, 3.8) is 0 Å². The van der Waals surface area contributed by atoms with Gasteiger partial charge in [0.1, 0.15) is 6.54 Å². The molecule has 1 N–H and O–H groups in total. The SMILES string of the molecule is CC(C)C(Sc1nnnn1CC(F)(F)F)C(=O)Nc1ccccc1C(F)(F)F. The molecule has 154 valence electrons. The predicted molar refractivity (Wildman–Crippen MR) is 88.4 cm³/mol. The number of nitrogens with one attached hydrogen (secondary N) is 1. The highest BCUT2D eigenvalue weighted by molar-refractivity contribution is 8.00. The third-order valence-corrected chi connectivity index (χ3v) is 4.93. The second-order valence-corrected chi connectivity index (χ2v) is 7.16. The molecule has 1 unspecified atom stereocenters. The number of amides is 1. The van der Waals surface area contributed by atoms with E-state index in [1.807, 2.05) is 0 Å². The Hall–Kier alpha value is -2.31. The predicted octanol–water partition coefficient (Wildman–Crippen LogP) is 4.01. The normalized spacial score (nSPS) is 13.6. The van der Waals surface area contributed by atoms with Crippen molar-refractivity contribution in [1.29, 1.82) is 0 Å². The van der Waals surface area contributed by atoms with Gasteiger partial charge in [-0.1, -0.05) is 37.7 Å². The molecular formula is C15H15F6N5OS. The summed E-state index contributed by atoms with van der Waals surface area (Å²) in [6.07, 6.45) is -9.26. The lowest BCUT2D eigenvalue weighted by Gasteiger charge is -2.21. The number of nitrogens with zero attached hydrogens (tertiary/aromatic N) is 4. The van der Waals surface area contributed by atoms with Crippen molar-refractivity contribution in [3.8, 4) is 0 Å². The molecule has 13 heteroatoms. The van der Waals surface area contributed by atoms with Crippen molar-refractivity contribution >= 4 is 23.4 Å². The van der Waals surface area contributed by atoms with Crippen molar-refractivity contribution in [1.82, 2.24) is 20.2 Å². The number of hydrogen-bond donors (Lipinski definition) is 1. The van der Waals surface area contributed by atoms with Gasteiger partial charge in [-0.15, -0.1) is 5.10 Å². The number of hydrogen-bond acceptors (Lipinski definition) is 5. The zero-order valence-electron chi connectivity index (χ0n) is 14.5. The Morgan fingerprint density at radius 1 is 1.18 bits per heavy atom. The van der Waals surface area contributed by atoms with E-state index in [2.05, 4.69) is 20.8 Å². The van der Waals surface area contributed by atoms with E-state index in [0.717, 1.165) is 12.1 Å². The van der Waals surface area contributed by atoms with Gasteiger partial charge in [0.25, 0.3) is 0 Å². The first-order valence-corrected chi connectivity index (χ1v) is 8.73. The highest BCUT2D eigenvalue weighted by Crippen LogP contribution is 2.35. The van der Waals surface area contributed by atoms with Crippen molar-refractivity contribution < 1.29 is 31.1 Å². The van der Waals surface area contributed by atoms with Crippen LogP contribution < -0.4 is 5.32 Å². The standard InChI is InChI=1S/C15H15F6N5OS/c1-8(2)11(28-13-23-24-25-26(13)7-14(16,17)18)12(27)22-10-6-4-3-5-9(10)15(19,20)21/h3-6,8,11H,7H2,1-2H3,(H,22,27). The zero-order chi connectivity index (χ0) is 21.1. The Kier molecular flexibility index (Phi) is 6.57. The molecule has 0 aliphatic rings. The number of tetrazole rings is 1. The fourth-order valence-corrected chi connectivity index (χ4v) is 3.17. The number of carbonyl (C=O) groups is 1. The lowest BCUT2D eigenvalue weighted by molar-refractivity contribution is -0.144. The summed E-state index contributed by atoms with van der Waals surface area (Å²) >= 11 is 0.645. The van der Waals surface area contributed by atoms with Gasteiger partial charge in [0.05, 0.1) is 16.5 Å². The molecular weight excluding hydrogens is 412 g/mol. The molecule has 1 aromatic heterocycles. The maximum atomic E-state index is 13.1. The summed E-state index contributed by atoms with van der Waals surface area (Å²) in [7, 11) is 0. The van der Waals surface area contributed by atoms with Gasteiger partial charge in [0, 0.05) is 0 Å². The first kappa shape index (κ1) is 22.0. The minimum absolute atomic E-state index is 0.268. The second-order valence-electron chi connectivity index (χ2n) is 6.05. The number of halogens is 6. The fraction of sp³-hybridized carbons (Fsp3) is 0.467. The molecule has 0 saturated heterocycles. The van der Waals surface area contributed by atoms with E-state index in [4.69, 9.17) is 0 Å². The molecule has 0 fully saturated rings. The number of benzene rings is 1. The summed E-state index contributed by atoms with van der Waals surface area (Å²) in [4.78, 5) is 12.6. The highest BCUT2D eigenvalue weighted by atomic mass is 32.2. The molecule has 0 aliphatic carbocycles. The molecule has 0 spiro atoms. The van der Waals surface area contributed by atoms with E-state index < -0.39 is 47.2 Å². The van der Waals surface area contributed by atoms with Crippen LogP contribution in [0.25, 0.3) is 0 Å². The lowest BCUT2D eigenvalue weighted by atomic mass is 10.1. The van der Waals surface area contributed by atoms with Gasteiger partial charge in [0.2, 0.25) is 11.1 Å². The van der Waals surface area contributed by atoms with Gasteiger partial charge in [-0.3, -0.25) is 4.79 Å². The smallest absolute Gasteiger partial charge is 0.325 e. The Morgan fingerprint density at radius 2 is 1.82 bits per heavy atom. The second kappa shape index (κ2) is 8.37. The van der Waals surface area contributed by atoms with Crippen LogP contribution in [0.5, 0.6) is 0 Å². The van der Waals surface area contributed by atoms with Crippen LogP contribution >= 0.6 is 11.8 Å². The van der Waals surface area contributed by atoms with E-state index in [9.17, 15) is 31.1 Å². The van der Waals surface area contributed by atoms with Gasteiger partial charge in [-0.2, -0.15) is 26.3 Å². The maximum absolute atomic E-state index is 13.1. The van der Waals surface area contributed by atoms with Gasteiger partial charge in [-0.05, 0) is 28.5 Å². The molecule has 0 aliphatic heterocycles. The van der Waals surface area contributed by atoms with Crippen molar-refractivity contribution in [2.45, 2.75) is 43.2 Å². The molecule has 0 bridgehead atoms. The number of rotatable bonds is 6. The molecule has 1 aromatic carbocycles. The largest absolute Gasteiger partial charge is 0.418 e. The lowest BCUT2D eigenvalue weighted by Crippen LogP contribution is -2.31. The summed E-state index contributed by atoms with van der Waals surface area (Å²) in [5.41, 5.74) is -1.47. The minimum atomic E-state index is -4.68. The average molecular weight is 427 g/mol. The molecule has 1 amide bonds. The van der Waals surface area contributed by atoms with Gasteiger partial charge in [-0.25, -0.2) is 4.68 Å². The Balaban J connectivity index is 2.22. The number of aromatic nitrogens is 4. The summed E-state index contributed by atoms with van der Waals surface area (Å²) in [5, 5.41) is 10.8. The average Bonchev–Trinajstić information content (AvgIpc) is 2.96. The Morgan fingerprint density at radius 3 is 2.39 bits per heavy atom. The molecule has 1 atom stereocenters. The summed E-state index contributed by atoms with van der Waals surface area (Å²) in [5.74, 6) is -1.24. The number of anilines is 1. The Bertz CT molecular complexity index is 820. The summed E-state index contributed by atoms with van der Waals surface area (Å²) < 4.78 is 77.5. The van der Waals surface area contributed by atoms with Crippen LogP contribution in [0.15, 0.2) is 29.4 Å². The van der Waals surface area contributed by atoms with E-state index in [1.54, 1.807) is 13.8 Å². The number of alkyl halides is 6. The van der Waals surface area contributed by atoms with Crippen LogP contribution in [-0.4, -0.2) is 37.5 Å². The van der Waals surface area contributed by atoms with E-state index in [-0.39, 0.29) is 5.16 Å². The van der Waals surface area contributed by atoms with Crippen LogP contribution in [0.2, 0.25) is 0 Å². The quantitative estimate of drug-likeness (QED) is 0.557. The number of thioether (sulfide) groups is 1. The van der Waals surface area contributed by atoms with Gasteiger partial charge in [0.15, 0.2) is 0 Å². The van der Waals surface area contributed by atoms with Gasteiger partial charge < -0.3 is 5.32 Å². The summed E-state index contributed by atoms with van der Waals surface area (Å²) in [6, 6.07) is 4.41. The van der Waals surface area contributed by atoms with Crippen molar-refractivity contribution in [3.05, 3.63) is 29.8 Å². The first-order valence-electron chi connectivity index (χ1n) is 7.85. The molecule has 2 rings (SSSR count). The minimum Gasteiger partial charge on any atom is -0.325 e. The fourth-order valence-electron chi connectivity index (χ4n) is 2.20. The van der Waals surface area contributed by atoms with E-state index in [0.29, 0.717) is 16.4 Å². The van der Waals surface area contributed by atoms with Crippen LogP contribution in [0.1, 0.15) is 19.4 Å². The third kappa shape index (κ3) is 5.84. The molecule has 0 radical (unpaired) electrons. The highest BCUT2D eigenvalue weighted by Gasteiger charge is 2.35. The van der Waals surface area contributed by atoms with Crippen LogP contribution in [0.3, 0.4) is 0 Å². The molecule has 2 aromatic rings. The molecule has 28 heavy (non-hydrogen) atoms. The molecule has 6 nitrogen and oxygen atoms in total. The third-order valence-electron chi connectivity index (χ3n) is 3.41. The molecule has 1 heterocycles. The van der Waals surface area contributed by atoms with Crippen molar-refractivity contribution in [2.24, 2.45) is 5.92 Å². The Labute approximate surface area is 159 Å². The van der Waals surface area contributed by atoms with Gasteiger partial charge >= 0.3 is 12.4 Å². The maximum Gasteiger partial charge on any atom is 0.418 e. The number of carbonyl (C=O) groups excluding carboxylic acids is 1. The van der Waals surface area contributed by atoms with Crippen LogP contribution in [0, 0.1) is 5.92 Å². The van der Waals surface area contributed by atoms with Crippen molar-refractivity contribution in [2.75, 3.05) is 5.32 Å². The first-order chi connectivity index (χ1) is 12.9. The monoisotopic (exact) mass is 427 g/mol. The van der Waals surface area contributed by atoms with E-state index >= 15 is 0 Å². The molecule has 0 saturated carbocycles. The zero-order valence-corrected chi connectivity index (χ0v) is 15.4. The summed E-state index contributed by atoms with van der Waals surface area (Å²) in [6.45, 7) is 1.75.